The third-order valence-corrected chi connectivity index (χ3v) is 4.64. The summed E-state index contributed by atoms with van der Waals surface area (Å²) in [6, 6.07) is 8.45. The molecule has 1 aromatic rings. The SMILES string of the molecule is CNC1CSCC1CCOc1ccccc1OC. The van der Waals surface area contributed by atoms with Crippen LogP contribution < -0.4 is 14.8 Å². The average molecular weight is 267 g/mol. The first-order chi connectivity index (χ1) is 8.85. The van der Waals surface area contributed by atoms with Gasteiger partial charge in [0.1, 0.15) is 0 Å². The Labute approximate surface area is 113 Å². The Bertz CT molecular complexity index is 373. The largest absolute Gasteiger partial charge is 0.493 e. The molecule has 0 spiro atoms. The predicted octanol–water partition coefficient (Wildman–Crippen LogP) is 2.42. The first kappa shape index (κ1) is 13.6. The summed E-state index contributed by atoms with van der Waals surface area (Å²) in [5, 5.41) is 3.38. The molecule has 100 valence electrons. The lowest BCUT2D eigenvalue weighted by Gasteiger charge is -2.18. The minimum absolute atomic E-state index is 0.635. The lowest BCUT2D eigenvalue weighted by atomic mass is 10.0. The summed E-state index contributed by atoms with van der Waals surface area (Å²) in [4.78, 5) is 0. The summed E-state index contributed by atoms with van der Waals surface area (Å²) in [5.74, 6) is 4.82. The minimum Gasteiger partial charge on any atom is -0.493 e. The predicted molar refractivity (Wildman–Crippen MR) is 76.8 cm³/mol. The van der Waals surface area contributed by atoms with E-state index in [0.29, 0.717) is 6.04 Å². The number of thioether (sulfide) groups is 1. The molecule has 1 saturated heterocycles. The van der Waals surface area contributed by atoms with Gasteiger partial charge in [0.15, 0.2) is 11.5 Å². The van der Waals surface area contributed by atoms with Gasteiger partial charge in [0.2, 0.25) is 0 Å². The molecule has 4 heteroatoms. The fourth-order valence-electron chi connectivity index (χ4n) is 2.26. The first-order valence-corrected chi connectivity index (χ1v) is 7.51. The van der Waals surface area contributed by atoms with Gasteiger partial charge in [0, 0.05) is 11.8 Å². The molecule has 2 atom stereocenters. The molecule has 0 aliphatic carbocycles. The van der Waals surface area contributed by atoms with Gasteiger partial charge >= 0.3 is 0 Å². The van der Waals surface area contributed by atoms with Crippen LogP contribution in [-0.2, 0) is 0 Å². The van der Waals surface area contributed by atoms with Gasteiger partial charge in [-0.3, -0.25) is 0 Å². The number of hydrogen-bond donors (Lipinski definition) is 1. The van der Waals surface area contributed by atoms with Crippen molar-refractivity contribution in [1.29, 1.82) is 0 Å². The van der Waals surface area contributed by atoms with Crippen LogP contribution >= 0.6 is 11.8 Å². The van der Waals surface area contributed by atoms with Gasteiger partial charge in [-0.05, 0) is 37.3 Å². The summed E-state index contributed by atoms with van der Waals surface area (Å²) in [6.07, 6.45) is 1.09. The van der Waals surface area contributed by atoms with Crippen LogP contribution in [0.15, 0.2) is 24.3 Å². The molecule has 1 aromatic carbocycles. The first-order valence-electron chi connectivity index (χ1n) is 6.36. The van der Waals surface area contributed by atoms with E-state index in [2.05, 4.69) is 5.32 Å². The number of para-hydroxylation sites is 2. The molecule has 1 heterocycles. The van der Waals surface area contributed by atoms with Gasteiger partial charge in [-0.25, -0.2) is 0 Å². The van der Waals surface area contributed by atoms with Crippen LogP contribution in [0.3, 0.4) is 0 Å². The molecule has 3 nitrogen and oxygen atoms in total. The maximum atomic E-state index is 5.82. The van der Waals surface area contributed by atoms with Crippen LogP contribution in [0, 0.1) is 5.92 Å². The van der Waals surface area contributed by atoms with E-state index in [1.165, 1.54) is 11.5 Å². The number of nitrogens with one attached hydrogen (secondary N) is 1. The lowest BCUT2D eigenvalue weighted by molar-refractivity contribution is 0.259. The Morgan fingerprint density at radius 3 is 2.78 bits per heavy atom. The quantitative estimate of drug-likeness (QED) is 0.857. The van der Waals surface area contributed by atoms with Crippen molar-refractivity contribution in [3.63, 3.8) is 0 Å². The maximum absolute atomic E-state index is 5.82. The van der Waals surface area contributed by atoms with Crippen molar-refractivity contribution in [1.82, 2.24) is 5.32 Å². The number of rotatable bonds is 6. The van der Waals surface area contributed by atoms with Crippen molar-refractivity contribution < 1.29 is 9.47 Å². The van der Waals surface area contributed by atoms with Gasteiger partial charge in [-0.1, -0.05) is 12.1 Å². The smallest absolute Gasteiger partial charge is 0.161 e. The summed E-state index contributed by atoms with van der Waals surface area (Å²) in [6.45, 7) is 0.754. The van der Waals surface area contributed by atoms with Crippen molar-refractivity contribution in [3.8, 4) is 11.5 Å². The Morgan fingerprint density at radius 1 is 1.28 bits per heavy atom. The Kier molecular flexibility index (Phi) is 5.20. The number of ether oxygens (including phenoxy) is 2. The van der Waals surface area contributed by atoms with Gasteiger partial charge in [0.05, 0.1) is 13.7 Å². The number of benzene rings is 1. The average Bonchev–Trinajstić information content (AvgIpc) is 2.87. The van der Waals surface area contributed by atoms with E-state index in [0.717, 1.165) is 30.4 Å². The summed E-state index contributed by atoms with van der Waals surface area (Å²) in [7, 11) is 3.72. The molecule has 0 saturated carbocycles. The highest BCUT2D eigenvalue weighted by Gasteiger charge is 2.26. The van der Waals surface area contributed by atoms with Crippen molar-refractivity contribution in [2.24, 2.45) is 5.92 Å². The topological polar surface area (TPSA) is 30.5 Å². The second kappa shape index (κ2) is 6.90. The monoisotopic (exact) mass is 267 g/mol. The van der Waals surface area contributed by atoms with E-state index < -0.39 is 0 Å². The highest BCUT2D eigenvalue weighted by Crippen LogP contribution is 2.29. The van der Waals surface area contributed by atoms with E-state index in [1.807, 2.05) is 43.1 Å². The molecule has 2 rings (SSSR count). The molecule has 2 unspecified atom stereocenters. The zero-order valence-corrected chi connectivity index (χ0v) is 11.8. The maximum Gasteiger partial charge on any atom is 0.161 e. The van der Waals surface area contributed by atoms with Crippen LogP contribution in [0.5, 0.6) is 11.5 Å². The Hall–Kier alpha value is -0.870. The molecule has 1 fully saturated rings. The molecular formula is C14H21NO2S. The second-order valence-corrected chi connectivity index (χ2v) is 5.56. The standard InChI is InChI=1S/C14H21NO2S/c1-15-12-10-18-9-11(12)7-8-17-14-6-4-3-5-13(14)16-2/h3-6,11-12,15H,7-10H2,1-2H3. The fourth-order valence-corrected chi connectivity index (χ4v) is 3.79. The van der Waals surface area contributed by atoms with Crippen molar-refractivity contribution in [3.05, 3.63) is 24.3 Å². The molecule has 0 amide bonds. The third-order valence-electron chi connectivity index (χ3n) is 3.38. The molecular weight excluding hydrogens is 246 g/mol. The van der Waals surface area contributed by atoms with E-state index in [4.69, 9.17) is 9.47 Å². The van der Waals surface area contributed by atoms with Gasteiger partial charge in [-0.2, -0.15) is 11.8 Å². The minimum atomic E-state index is 0.635. The Morgan fingerprint density at radius 2 is 2.06 bits per heavy atom. The van der Waals surface area contributed by atoms with Crippen LogP contribution in [-0.4, -0.2) is 38.3 Å². The molecule has 1 aliphatic heterocycles. The highest BCUT2D eigenvalue weighted by atomic mass is 32.2. The van der Waals surface area contributed by atoms with E-state index in [-0.39, 0.29) is 0 Å². The molecule has 18 heavy (non-hydrogen) atoms. The zero-order valence-electron chi connectivity index (χ0n) is 11.0. The van der Waals surface area contributed by atoms with Crippen LogP contribution in [0.2, 0.25) is 0 Å². The van der Waals surface area contributed by atoms with E-state index >= 15 is 0 Å². The molecule has 1 aliphatic rings. The van der Waals surface area contributed by atoms with E-state index in [1.54, 1.807) is 7.11 Å². The Balaban J connectivity index is 1.81. The third kappa shape index (κ3) is 3.33. The fraction of sp³-hybridized carbons (Fsp3) is 0.571. The molecule has 1 N–H and O–H groups in total. The summed E-state index contributed by atoms with van der Waals surface area (Å²) >= 11 is 2.03. The van der Waals surface area contributed by atoms with Crippen molar-refractivity contribution in [2.45, 2.75) is 12.5 Å². The number of hydrogen-bond acceptors (Lipinski definition) is 4. The second-order valence-electron chi connectivity index (χ2n) is 4.48. The van der Waals surface area contributed by atoms with Gasteiger partial charge < -0.3 is 14.8 Å². The number of methoxy groups -OCH3 is 1. The van der Waals surface area contributed by atoms with Gasteiger partial charge in [-0.15, -0.1) is 0 Å². The van der Waals surface area contributed by atoms with Crippen LogP contribution in [0.1, 0.15) is 6.42 Å². The van der Waals surface area contributed by atoms with Crippen molar-refractivity contribution >= 4 is 11.8 Å². The lowest BCUT2D eigenvalue weighted by Crippen LogP contribution is -2.33. The highest BCUT2D eigenvalue weighted by molar-refractivity contribution is 7.99. The van der Waals surface area contributed by atoms with Gasteiger partial charge in [0.25, 0.3) is 0 Å². The summed E-state index contributed by atoms with van der Waals surface area (Å²) in [5.41, 5.74) is 0. The van der Waals surface area contributed by atoms with E-state index in [9.17, 15) is 0 Å². The molecule has 0 radical (unpaired) electrons. The normalized spacial score (nSPS) is 23.0. The molecule has 0 bridgehead atoms. The van der Waals surface area contributed by atoms with Crippen LogP contribution in [0.4, 0.5) is 0 Å². The zero-order chi connectivity index (χ0) is 12.8. The molecule has 0 aromatic heterocycles. The van der Waals surface area contributed by atoms with Crippen LogP contribution in [0.25, 0.3) is 0 Å². The summed E-state index contributed by atoms with van der Waals surface area (Å²) < 4.78 is 11.1. The van der Waals surface area contributed by atoms with Crippen molar-refractivity contribution in [2.75, 3.05) is 32.3 Å².